The van der Waals surface area contributed by atoms with Gasteiger partial charge in [-0.1, -0.05) is 0 Å². The molecule has 7 heteroatoms. The van der Waals surface area contributed by atoms with Crippen molar-refractivity contribution in [2.24, 2.45) is 0 Å². The summed E-state index contributed by atoms with van der Waals surface area (Å²) in [6.45, 7) is 0.378. The minimum absolute atomic E-state index is 0.110. The lowest BCUT2D eigenvalue weighted by atomic mass is 10.2. The van der Waals surface area contributed by atoms with Crippen molar-refractivity contribution in [1.29, 1.82) is 0 Å². The molecule has 0 aromatic heterocycles. The lowest BCUT2D eigenvalue weighted by Crippen LogP contribution is -2.08. The van der Waals surface area contributed by atoms with Crippen molar-refractivity contribution in [2.75, 3.05) is 20.3 Å². The number of benzene rings is 1. The SMILES string of the molecule is COCCOc1ccc(O[B]O)c(F)c1F. The third kappa shape index (κ3) is 3.08. The molecular formula is C9H10BF2O4. The first-order valence-corrected chi connectivity index (χ1v) is 4.43. The minimum Gasteiger partial charge on any atom is -0.535 e. The third-order valence-electron chi connectivity index (χ3n) is 1.74. The van der Waals surface area contributed by atoms with Gasteiger partial charge in [0.25, 0.3) is 0 Å². The number of hydrogen-bond acceptors (Lipinski definition) is 4. The van der Waals surface area contributed by atoms with E-state index >= 15 is 0 Å². The largest absolute Gasteiger partial charge is 0.569 e. The van der Waals surface area contributed by atoms with E-state index in [4.69, 9.17) is 14.5 Å². The van der Waals surface area contributed by atoms with Crippen LogP contribution in [0.2, 0.25) is 0 Å². The summed E-state index contributed by atoms with van der Waals surface area (Å²) in [4.78, 5) is 0. The van der Waals surface area contributed by atoms with Crippen LogP contribution in [0.1, 0.15) is 0 Å². The van der Waals surface area contributed by atoms with Gasteiger partial charge in [0.1, 0.15) is 12.4 Å². The van der Waals surface area contributed by atoms with Crippen LogP contribution in [0.25, 0.3) is 0 Å². The maximum absolute atomic E-state index is 13.3. The summed E-state index contributed by atoms with van der Waals surface area (Å²) < 4.78 is 40.5. The van der Waals surface area contributed by atoms with Crippen LogP contribution in [-0.2, 0) is 4.74 Å². The van der Waals surface area contributed by atoms with Crippen LogP contribution in [0.5, 0.6) is 11.5 Å². The summed E-state index contributed by atoms with van der Waals surface area (Å²) in [5, 5.41) is 8.29. The van der Waals surface area contributed by atoms with E-state index in [0.29, 0.717) is 0 Å². The van der Waals surface area contributed by atoms with Crippen molar-refractivity contribution < 1.29 is 27.9 Å². The predicted octanol–water partition coefficient (Wildman–Crippen LogP) is 0.895. The van der Waals surface area contributed by atoms with E-state index in [1.807, 2.05) is 0 Å². The molecule has 0 spiro atoms. The first-order valence-electron chi connectivity index (χ1n) is 4.43. The van der Waals surface area contributed by atoms with Crippen LogP contribution in [0, 0.1) is 11.6 Å². The summed E-state index contributed by atoms with van der Waals surface area (Å²) >= 11 is 0. The molecule has 0 aliphatic heterocycles. The smallest absolute Gasteiger partial charge is 0.535 e. The van der Waals surface area contributed by atoms with Gasteiger partial charge in [0.05, 0.1) is 6.61 Å². The molecule has 1 radical (unpaired) electrons. The Morgan fingerprint density at radius 2 is 1.81 bits per heavy atom. The number of hydrogen-bond donors (Lipinski definition) is 1. The number of halogens is 2. The number of rotatable bonds is 6. The van der Waals surface area contributed by atoms with Crippen molar-refractivity contribution in [3.63, 3.8) is 0 Å². The zero-order valence-corrected chi connectivity index (χ0v) is 8.57. The number of methoxy groups -OCH3 is 1. The van der Waals surface area contributed by atoms with Gasteiger partial charge in [-0.05, 0) is 12.1 Å². The van der Waals surface area contributed by atoms with Crippen LogP contribution in [0.15, 0.2) is 12.1 Å². The topological polar surface area (TPSA) is 47.9 Å². The lowest BCUT2D eigenvalue weighted by molar-refractivity contribution is 0.143. The van der Waals surface area contributed by atoms with E-state index < -0.39 is 17.4 Å². The fraction of sp³-hybridized carbons (Fsp3) is 0.333. The fourth-order valence-electron chi connectivity index (χ4n) is 1.01. The molecule has 0 amide bonds. The Hall–Kier alpha value is -1.34. The van der Waals surface area contributed by atoms with Gasteiger partial charge in [0.15, 0.2) is 5.75 Å². The molecule has 1 rings (SSSR count). The summed E-state index contributed by atoms with van der Waals surface area (Å²) in [6, 6.07) is 2.35. The van der Waals surface area contributed by atoms with Gasteiger partial charge in [0, 0.05) is 7.11 Å². The first kappa shape index (κ1) is 12.7. The van der Waals surface area contributed by atoms with Gasteiger partial charge in [-0.15, -0.1) is 0 Å². The Bertz CT molecular complexity index is 349. The van der Waals surface area contributed by atoms with Crippen LogP contribution in [0.3, 0.4) is 0 Å². The highest BCUT2D eigenvalue weighted by atomic mass is 19.2. The van der Waals surface area contributed by atoms with Gasteiger partial charge < -0.3 is 19.2 Å². The van der Waals surface area contributed by atoms with E-state index in [1.165, 1.54) is 13.2 Å². The Labute approximate surface area is 92.0 Å². The second-order valence-electron chi connectivity index (χ2n) is 2.75. The van der Waals surface area contributed by atoms with Gasteiger partial charge in [-0.3, -0.25) is 0 Å². The molecule has 0 unspecified atom stereocenters. The van der Waals surface area contributed by atoms with E-state index in [2.05, 4.69) is 4.65 Å². The molecule has 1 aromatic carbocycles. The average molecular weight is 231 g/mol. The summed E-state index contributed by atoms with van der Waals surface area (Å²) in [5.74, 6) is -3.05. The van der Waals surface area contributed by atoms with Gasteiger partial charge in [-0.2, -0.15) is 8.78 Å². The molecule has 0 heterocycles. The molecule has 0 aliphatic carbocycles. The molecule has 0 saturated heterocycles. The summed E-state index contributed by atoms with van der Waals surface area (Å²) in [6.07, 6.45) is 0. The summed E-state index contributed by atoms with van der Waals surface area (Å²) in [5.41, 5.74) is 0. The van der Waals surface area contributed by atoms with Crippen molar-refractivity contribution in [2.45, 2.75) is 0 Å². The molecule has 16 heavy (non-hydrogen) atoms. The van der Waals surface area contributed by atoms with Gasteiger partial charge in [0.2, 0.25) is 11.6 Å². The zero-order chi connectivity index (χ0) is 12.0. The van der Waals surface area contributed by atoms with E-state index in [-0.39, 0.29) is 26.6 Å². The van der Waals surface area contributed by atoms with Gasteiger partial charge >= 0.3 is 7.69 Å². The van der Waals surface area contributed by atoms with Crippen LogP contribution >= 0.6 is 0 Å². The molecular weight excluding hydrogens is 221 g/mol. The number of ether oxygens (including phenoxy) is 2. The molecule has 0 saturated carbocycles. The van der Waals surface area contributed by atoms with E-state index in [9.17, 15) is 8.78 Å². The Kier molecular flexibility index (Phi) is 5.01. The van der Waals surface area contributed by atoms with Crippen molar-refractivity contribution in [3.05, 3.63) is 23.8 Å². The normalized spacial score (nSPS) is 10.0. The Morgan fingerprint density at radius 3 is 2.44 bits per heavy atom. The maximum atomic E-state index is 13.3. The second-order valence-corrected chi connectivity index (χ2v) is 2.75. The zero-order valence-electron chi connectivity index (χ0n) is 8.57. The average Bonchev–Trinajstić information content (AvgIpc) is 2.28. The van der Waals surface area contributed by atoms with Gasteiger partial charge in [-0.25, -0.2) is 0 Å². The standard InChI is InChI=1S/C9H10BF2O4/c1-14-4-5-15-6-2-3-7(16-10-13)9(12)8(6)11/h2-3,13H,4-5H2,1H3. The molecule has 1 aromatic rings. The fourth-order valence-corrected chi connectivity index (χ4v) is 1.01. The van der Waals surface area contributed by atoms with Crippen molar-refractivity contribution >= 4 is 7.69 Å². The molecule has 4 nitrogen and oxygen atoms in total. The van der Waals surface area contributed by atoms with Crippen molar-refractivity contribution in [1.82, 2.24) is 0 Å². The van der Waals surface area contributed by atoms with E-state index in [0.717, 1.165) is 6.07 Å². The third-order valence-corrected chi connectivity index (χ3v) is 1.74. The Morgan fingerprint density at radius 1 is 1.19 bits per heavy atom. The quantitative estimate of drug-likeness (QED) is 0.583. The lowest BCUT2D eigenvalue weighted by Gasteiger charge is -2.09. The maximum Gasteiger partial charge on any atom is 0.569 e. The molecule has 1 N–H and O–H groups in total. The van der Waals surface area contributed by atoms with Crippen LogP contribution in [0.4, 0.5) is 8.78 Å². The molecule has 0 bridgehead atoms. The second kappa shape index (κ2) is 6.29. The highest BCUT2D eigenvalue weighted by molar-refractivity contribution is 6.17. The Balaban J connectivity index is 2.76. The highest BCUT2D eigenvalue weighted by Gasteiger charge is 2.15. The molecule has 0 atom stereocenters. The molecule has 0 aliphatic rings. The van der Waals surface area contributed by atoms with E-state index in [1.54, 1.807) is 0 Å². The van der Waals surface area contributed by atoms with Crippen molar-refractivity contribution in [3.8, 4) is 11.5 Å². The summed E-state index contributed by atoms with van der Waals surface area (Å²) in [7, 11) is 1.73. The monoisotopic (exact) mass is 231 g/mol. The minimum atomic E-state index is -1.22. The van der Waals surface area contributed by atoms with Crippen LogP contribution < -0.4 is 9.39 Å². The molecule has 87 valence electrons. The first-order chi connectivity index (χ1) is 7.70. The molecule has 0 fully saturated rings. The highest BCUT2D eigenvalue weighted by Crippen LogP contribution is 2.27. The van der Waals surface area contributed by atoms with Crippen LogP contribution in [-0.4, -0.2) is 33.0 Å². The predicted molar refractivity (Wildman–Crippen MR) is 52.3 cm³/mol.